The molecule has 8 heteroatoms. The lowest BCUT2D eigenvalue weighted by Crippen LogP contribution is -2.37. The molecule has 0 aliphatic carbocycles. The van der Waals surface area contributed by atoms with Gasteiger partial charge in [-0.1, -0.05) is 32.0 Å². The van der Waals surface area contributed by atoms with Gasteiger partial charge in [-0.2, -0.15) is 0 Å². The summed E-state index contributed by atoms with van der Waals surface area (Å²) in [6.45, 7) is 11.8. The Hall–Kier alpha value is -2.19. The van der Waals surface area contributed by atoms with Crippen molar-refractivity contribution in [3.05, 3.63) is 29.0 Å². The number of carbonyl (C=O) groups is 2. The van der Waals surface area contributed by atoms with Gasteiger partial charge < -0.3 is 19.0 Å². The van der Waals surface area contributed by atoms with Gasteiger partial charge in [-0.3, -0.25) is 4.79 Å². The zero-order chi connectivity index (χ0) is 22.8. The van der Waals surface area contributed by atoms with Crippen molar-refractivity contribution in [3.63, 3.8) is 0 Å². The van der Waals surface area contributed by atoms with Crippen LogP contribution in [0, 0.1) is 11.3 Å². The first-order chi connectivity index (χ1) is 14.6. The summed E-state index contributed by atoms with van der Waals surface area (Å²) in [6.07, 6.45) is 3.26. The van der Waals surface area contributed by atoms with Gasteiger partial charge in [0.1, 0.15) is 0 Å². The van der Waals surface area contributed by atoms with Gasteiger partial charge in [0.25, 0.3) is 0 Å². The van der Waals surface area contributed by atoms with E-state index in [-0.39, 0.29) is 11.5 Å². The van der Waals surface area contributed by atoms with Crippen molar-refractivity contribution in [2.24, 2.45) is 11.3 Å². The lowest BCUT2D eigenvalue weighted by atomic mass is 9.82. The molecule has 1 amide bonds. The second-order valence-electron chi connectivity index (χ2n) is 9.87. The number of carbonyl (C=O) groups excluding carboxylic acids is 1. The summed E-state index contributed by atoms with van der Waals surface area (Å²) in [5, 5.41) is 14.4. The van der Waals surface area contributed by atoms with E-state index in [0.29, 0.717) is 30.2 Å². The predicted octanol–water partition coefficient (Wildman–Crippen LogP) is 5.05. The monoisotopic (exact) mass is 446 g/mol. The number of carboxylic acid groups (broad SMARTS) is 1. The van der Waals surface area contributed by atoms with Gasteiger partial charge >= 0.3 is 6.09 Å². The lowest BCUT2D eigenvalue weighted by Gasteiger charge is -2.33. The number of aldehydes is 1. The summed E-state index contributed by atoms with van der Waals surface area (Å²) in [5.74, 6) is 0.480. The molecule has 1 atom stereocenters. The molecule has 0 radical (unpaired) electrons. The number of likely N-dealkylation sites (tertiary alicyclic amines) is 1. The van der Waals surface area contributed by atoms with E-state index >= 15 is 0 Å². The lowest BCUT2D eigenvalue weighted by molar-refractivity contribution is 0.0850. The summed E-state index contributed by atoms with van der Waals surface area (Å²) >= 11 is 0. The van der Waals surface area contributed by atoms with Crippen molar-refractivity contribution in [1.29, 1.82) is 0 Å². The fourth-order valence-electron chi connectivity index (χ4n) is 4.37. The third kappa shape index (κ3) is 5.36. The van der Waals surface area contributed by atoms with E-state index in [9.17, 15) is 9.59 Å². The van der Waals surface area contributed by atoms with Crippen LogP contribution in [-0.2, 0) is 10.8 Å². The highest BCUT2D eigenvalue weighted by molar-refractivity contribution is 6.48. The minimum Gasteiger partial charge on any atom is -0.465 e. The molecule has 2 aromatic rings. The van der Waals surface area contributed by atoms with Crippen LogP contribution in [-0.4, -0.2) is 49.7 Å². The number of rotatable bonds is 7. The van der Waals surface area contributed by atoms with Crippen molar-refractivity contribution in [1.82, 2.24) is 10.1 Å². The summed E-state index contributed by atoms with van der Waals surface area (Å²) in [4.78, 5) is 24.4. The van der Waals surface area contributed by atoms with Crippen LogP contribution in [0.4, 0.5) is 4.79 Å². The van der Waals surface area contributed by atoms with Crippen LogP contribution in [0.5, 0.6) is 0 Å². The van der Waals surface area contributed by atoms with Crippen LogP contribution in [0.15, 0.2) is 16.7 Å². The van der Waals surface area contributed by atoms with E-state index in [1.807, 2.05) is 12.1 Å². The summed E-state index contributed by atoms with van der Waals surface area (Å²) in [6, 6.07) is 3.77. The number of nitrogens with zero attached hydrogens (tertiary/aromatic N) is 2. The molecule has 1 aromatic heterocycles. The molecule has 1 aliphatic heterocycles. The van der Waals surface area contributed by atoms with Crippen molar-refractivity contribution in [2.45, 2.75) is 65.7 Å². The van der Waals surface area contributed by atoms with Gasteiger partial charge in [-0.15, -0.1) is 0 Å². The molecule has 3 rings (SSSR count). The molecule has 0 saturated carbocycles. The minimum absolute atomic E-state index is 0.200. The van der Waals surface area contributed by atoms with Gasteiger partial charge in [0.05, 0.1) is 11.8 Å². The molecule has 7 nitrogen and oxygen atoms in total. The van der Waals surface area contributed by atoms with E-state index in [2.05, 4.69) is 39.0 Å². The summed E-state index contributed by atoms with van der Waals surface area (Å²) in [7, 11) is -1.37. The standard InChI is InChI=1S/C23H34N2O5Si/c1-23(2,3)21(30-31(4)5)19-16(14-26)7-8-17-18(24-29-20(17)19)9-6-15-10-12-25(13-11-15)22(27)28/h7-8,14-15,21,31H,6,9-13H2,1-5H3,(H,27,28). The molecule has 0 spiro atoms. The maximum Gasteiger partial charge on any atom is 0.407 e. The predicted molar refractivity (Wildman–Crippen MR) is 122 cm³/mol. The number of piperidine rings is 1. The second kappa shape index (κ2) is 9.52. The van der Waals surface area contributed by atoms with E-state index in [1.54, 1.807) is 0 Å². The topological polar surface area (TPSA) is 92.9 Å². The van der Waals surface area contributed by atoms with Gasteiger partial charge in [-0.05, 0) is 56.2 Å². The van der Waals surface area contributed by atoms with Crippen LogP contribution >= 0.6 is 0 Å². The molecule has 1 unspecified atom stereocenters. The normalized spacial score (nSPS) is 16.8. The van der Waals surface area contributed by atoms with Crippen molar-refractivity contribution in [2.75, 3.05) is 13.1 Å². The zero-order valence-electron chi connectivity index (χ0n) is 19.2. The molecular formula is C23H34N2O5Si. The van der Waals surface area contributed by atoms with Crippen LogP contribution < -0.4 is 0 Å². The number of aryl methyl sites for hydroxylation is 1. The Morgan fingerprint density at radius 3 is 2.58 bits per heavy atom. The number of fused-ring (bicyclic) bond motifs is 1. The smallest absolute Gasteiger partial charge is 0.407 e. The van der Waals surface area contributed by atoms with E-state index in [0.717, 1.165) is 48.6 Å². The summed E-state index contributed by atoms with van der Waals surface area (Å²) < 4.78 is 12.2. The first-order valence-electron chi connectivity index (χ1n) is 11.1. The Morgan fingerprint density at radius 1 is 1.35 bits per heavy atom. The molecule has 0 bridgehead atoms. The van der Waals surface area contributed by atoms with Crippen molar-refractivity contribution < 1.29 is 23.6 Å². The van der Waals surface area contributed by atoms with Gasteiger partial charge in [0.2, 0.25) is 0 Å². The number of aromatic nitrogens is 1. The third-order valence-electron chi connectivity index (χ3n) is 6.05. The number of benzene rings is 1. The van der Waals surface area contributed by atoms with Gasteiger partial charge in [0.15, 0.2) is 20.9 Å². The quantitative estimate of drug-likeness (QED) is 0.472. The van der Waals surface area contributed by atoms with Gasteiger partial charge in [0, 0.05) is 29.6 Å². The molecule has 1 aliphatic rings. The van der Waals surface area contributed by atoms with Crippen LogP contribution in [0.3, 0.4) is 0 Å². The van der Waals surface area contributed by atoms with Crippen molar-refractivity contribution in [3.8, 4) is 0 Å². The molecule has 1 saturated heterocycles. The molecule has 1 N–H and O–H groups in total. The number of hydrogen-bond acceptors (Lipinski definition) is 5. The molecule has 170 valence electrons. The fourth-order valence-corrected chi connectivity index (χ4v) is 5.46. The largest absolute Gasteiger partial charge is 0.465 e. The van der Waals surface area contributed by atoms with Crippen molar-refractivity contribution >= 4 is 32.4 Å². The Balaban J connectivity index is 1.85. The molecular weight excluding hydrogens is 412 g/mol. The highest BCUT2D eigenvalue weighted by Gasteiger charge is 2.33. The first kappa shape index (κ1) is 23.5. The highest BCUT2D eigenvalue weighted by atomic mass is 28.3. The second-order valence-corrected chi connectivity index (χ2v) is 12.2. The summed E-state index contributed by atoms with van der Waals surface area (Å²) in [5.41, 5.74) is 2.73. The Kier molecular flexibility index (Phi) is 7.21. The SMILES string of the molecule is C[SiH](C)OC(c1c(C=O)ccc2c(CCC3CCN(C(=O)O)CC3)noc12)C(C)(C)C. The average molecular weight is 447 g/mol. The van der Waals surface area contributed by atoms with Crippen LogP contribution in [0.1, 0.15) is 67.8 Å². The minimum atomic E-state index is -1.37. The first-order valence-corrected chi connectivity index (χ1v) is 13.9. The van der Waals surface area contributed by atoms with E-state index < -0.39 is 15.1 Å². The van der Waals surface area contributed by atoms with Crippen LogP contribution in [0.25, 0.3) is 11.0 Å². The number of amides is 1. The molecule has 31 heavy (non-hydrogen) atoms. The maximum absolute atomic E-state index is 11.8. The van der Waals surface area contributed by atoms with E-state index in [4.69, 9.17) is 14.1 Å². The number of hydrogen-bond donors (Lipinski definition) is 1. The van der Waals surface area contributed by atoms with Gasteiger partial charge in [-0.25, -0.2) is 4.79 Å². The zero-order valence-corrected chi connectivity index (χ0v) is 20.3. The van der Waals surface area contributed by atoms with Crippen LogP contribution in [0.2, 0.25) is 13.1 Å². The highest BCUT2D eigenvalue weighted by Crippen LogP contribution is 2.42. The Labute approximate surface area is 185 Å². The maximum atomic E-state index is 11.8. The molecule has 1 fully saturated rings. The molecule has 1 aromatic carbocycles. The molecule has 2 heterocycles. The Morgan fingerprint density at radius 2 is 2.03 bits per heavy atom. The average Bonchev–Trinajstić information content (AvgIpc) is 3.12. The third-order valence-corrected chi connectivity index (χ3v) is 6.86. The Bertz CT molecular complexity index is 926. The fraction of sp³-hybridized carbons (Fsp3) is 0.609. The van der Waals surface area contributed by atoms with E-state index in [1.165, 1.54) is 4.90 Å².